The molecule has 0 radical (unpaired) electrons. The van der Waals surface area contributed by atoms with Gasteiger partial charge in [-0.05, 0) is 12.8 Å². The van der Waals surface area contributed by atoms with E-state index in [2.05, 4.69) is 9.55 Å². The number of imidazole rings is 1. The topological polar surface area (TPSA) is 101 Å². The van der Waals surface area contributed by atoms with Gasteiger partial charge in [0, 0.05) is 32.5 Å². The molecule has 0 saturated heterocycles. The third-order valence-electron chi connectivity index (χ3n) is 2.73. The van der Waals surface area contributed by atoms with E-state index in [9.17, 15) is 0 Å². The maximum atomic E-state index is 8.61. The van der Waals surface area contributed by atoms with Crippen molar-refractivity contribution in [2.24, 2.45) is 7.05 Å². The van der Waals surface area contributed by atoms with Gasteiger partial charge in [0.15, 0.2) is 0 Å². The van der Waals surface area contributed by atoms with Gasteiger partial charge in [-0.3, -0.25) is 0 Å². The molecule has 1 aromatic rings. The second-order valence-corrected chi connectivity index (χ2v) is 4.29. The molecule has 0 spiro atoms. The van der Waals surface area contributed by atoms with Crippen molar-refractivity contribution in [2.75, 3.05) is 6.61 Å². The molecule has 7 nitrogen and oxygen atoms in total. The summed E-state index contributed by atoms with van der Waals surface area (Å²) in [7, 11) is 2.05. The standard InChI is InChI=1S/C12H22N2O.HNO3/c1-14-10-9-13-12(14)8-6-4-2-3-5-7-11-15;2-1(3)4/h9-10,15H,2-8,11H2,1H3;(H,2,3,4). The molecule has 1 heterocycles. The lowest BCUT2D eigenvalue weighted by Crippen LogP contribution is -1.97. The second kappa shape index (κ2) is 11.5. The molecule has 0 aromatic carbocycles. The highest BCUT2D eigenvalue weighted by Crippen LogP contribution is 2.08. The van der Waals surface area contributed by atoms with Gasteiger partial charge < -0.3 is 14.9 Å². The Morgan fingerprint density at radius 2 is 1.79 bits per heavy atom. The Bertz CT molecular complexity index is 337. The zero-order valence-electron chi connectivity index (χ0n) is 11.4. The summed E-state index contributed by atoms with van der Waals surface area (Å²) in [5, 5.41) is 22.3. The number of hydrogen-bond acceptors (Lipinski definition) is 4. The fourth-order valence-corrected chi connectivity index (χ4v) is 1.74. The van der Waals surface area contributed by atoms with E-state index in [0.717, 1.165) is 12.8 Å². The predicted octanol–water partition coefficient (Wildman–Crippen LogP) is 1.95. The largest absolute Gasteiger partial charge is 0.396 e. The first-order chi connectivity index (χ1) is 9.07. The summed E-state index contributed by atoms with van der Waals surface area (Å²) in [5.74, 6) is 1.19. The lowest BCUT2D eigenvalue weighted by atomic mass is 10.1. The number of aromatic nitrogens is 2. The number of hydrogen-bond donors (Lipinski definition) is 2. The quantitative estimate of drug-likeness (QED) is 0.428. The van der Waals surface area contributed by atoms with E-state index in [4.69, 9.17) is 20.4 Å². The minimum atomic E-state index is -1.50. The number of nitrogens with zero attached hydrogens (tertiary/aromatic N) is 3. The summed E-state index contributed by atoms with van der Waals surface area (Å²) in [6.45, 7) is 0.341. The zero-order chi connectivity index (χ0) is 14.5. The van der Waals surface area contributed by atoms with Crippen LogP contribution in [0.2, 0.25) is 0 Å². The molecule has 0 aliphatic heterocycles. The smallest absolute Gasteiger partial charge is 0.291 e. The SMILES string of the molecule is Cn1ccnc1CCCCCCCCO.O=[N+]([O-])O. The van der Waals surface area contributed by atoms with Crippen molar-refractivity contribution in [3.63, 3.8) is 0 Å². The van der Waals surface area contributed by atoms with Crippen LogP contribution in [0.3, 0.4) is 0 Å². The van der Waals surface area contributed by atoms with Gasteiger partial charge in [-0.25, -0.2) is 4.98 Å². The molecule has 7 heteroatoms. The van der Waals surface area contributed by atoms with Crippen LogP contribution in [0.25, 0.3) is 0 Å². The molecule has 19 heavy (non-hydrogen) atoms. The first-order valence-electron chi connectivity index (χ1n) is 6.48. The summed E-state index contributed by atoms with van der Waals surface area (Å²) in [6, 6.07) is 0. The molecule has 0 amide bonds. The van der Waals surface area contributed by atoms with Crippen LogP contribution in [-0.4, -0.2) is 31.6 Å². The van der Waals surface area contributed by atoms with Crippen LogP contribution >= 0.6 is 0 Å². The average molecular weight is 273 g/mol. The summed E-state index contributed by atoms with van der Waals surface area (Å²) >= 11 is 0. The van der Waals surface area contributed by atoms with Gasteiger partial charge in [0.2, 0.25) is 0 Å². The fraction of sp³-hybridized carbons (Fsp3) is 0.750. The van der Waals surface area contributed by atoms with Crippen LogP contribution in [0.15, 0.2) is 12.4 Å². The molecule has 0 unspecified atom stereocenters. The number of unbranched alkanes of at least 4 members (excludes halogenated alkanes) is 5. The van der Waals surface area contributed by atoms with Crippen molar-refractivity contribution < 1.29 is 15.4 Å². The van der Waals surface area contributed by atoms with Crippen molar-refractivity contribution >= 4 is 0 Å². The minimum absolute atomic E-state index is 0.341. The fourth-order valence-electron chi connectivity index (χ4n) is 1.74. The van der Waals surface area contributed by atoms with Gasteiger partial charge in [-0.2, -0.15) is 0 Å². The Labute approximate surface area is 113 Å². The highest BCUT2D eigenvalue weighted by molar-refractivity contribution is 4.90. The Kier molecular flexibility index (Phi) is 10.5. The molecule has 1 rings (SSSR count). The summed E-state index contributed by atoms with van der Waals surface area (Å²) < 4.78 is 2.09. The molecule has 1 aromatic heterocycles. The van der Waals surface area contributed by atoms with Crippen molar-refractivity contribution in [3.05, 3.63) is 28.3 Å². The van der Waals surface area contributed by atoms with E-state index in [1.165, 1.54) is 37.9 Å². The van der Waals surface area contributed by atoms with Gasteiger partial charge in [-0.1, -0.05) is 25.7 Å². The van der Waals surface area contributed by atoms with Gasteiger partial charge in [-0.15, -0.1) is 10.1 Å². The molecule has 0 saturated carbocycles. The number of aliphatic hydroxyl groups is 1. The van der Waals surface area contributed by atoms with E-state index < -0.39 is 5.09 Å². The summed E-state index contributed by atoms with van der Waals surface area (Å²) in [5.41, 5.74) is 0. The maximum absolute atomic E-state index is 8.61. The van der Waals surface area contributed by atoms with Crippen LogP contribution in [0.4, 0.5) is 0 Å². The predicted molar refractivity (Wildman–Crippen MR) is 70.5 cm³/mol. The van der Waals surface area contributed by atoms with Crippen molar-refractivity contribution in [3.8, 4) is 0 Å². The van der Waals surface area contributed by atoms with Gasteiger partial charge >= 0.3 is 0 Å². The Morgan fingerprint density at radius 1 is 1.26 bits per heavy atom. The van der Waals surface area contributed by atoms with Crippen molar-refractivity contribution in [1.29, 1.82) is 0 Å². The number of aliphatic hydroxyl groups excluding tert-OH is 1. The van der Waals surface area contributed by atoms with Crippen molar-refractivity contribution in [1.82, 2.24) is 9.55 Å². The Morgan fingerprint density at radius 3 is 2.26 bits per heavy atom. The zero-order valence-corrected chi connectivity index (χ0v) is 11.4. The molecule has 0 atom stereocenters. The Balaban J connectivity index is 0.000000711. The monoisotopic (exact) mass is 273 g/mol. The highest BCUT2D eigenvalue weighted by atomic mass is 16.9. The third kappa shape index (κ3) is 11.2. The molecule has 0 fully saturated rings. The van der Waals surface area contributed by atoms with Gasteiger partial charge in [0.1, 0.15) is 5.82 Å². The second-order valence-electron chi connectivity index (χ2n) is 4.29. The first-order valence-corrected chi connectivity index (χ1v) is 6.48. The van der Waals surface area contributed by atoms with E-state index in [1.807, 2.05) is 19.4 Å². The molecule has 2 N–H and O–H groups in total. The lowest BCUT2D eigenvalue weighted by Gasteiger charge is -2.02. The molecule has 0 aliphatic carbocycles. The Hall–Kier alpha value is -1.63. The number of rotatable bonds is 8. The molecule has 0 aliphatic rings. The van der Waals surface area contributed by atoms with Crippen LogP contribution in [0, 0.1) is 10.1 Å². The maximum Gasteiger partial charge on any atom is 0.291 e. The minimum Gasteiger partial charge on any atom is -0.396 e. The van der Waals surface area contributed by atoms with Crippen LogP contribution < -0.4 is 0 Å². The normalized spacial score (nSPS) is 9.79. The molecular formula is C12H23N3O4. The average Bonchev–Trinajstić information content (AvgIpc) is 2.73. The first kappa shape index (κ1) is 17.4. The van der Waals surface area contributed by atoms with E-state index in [0.29, 0.717) is 6.61 Å². The van der Waals surface area contributed by atoms with Crippen LogP contribution in [0.5, 0.6) is 0 Å². The number of aryl methyl sites for hydroxylation is 2. The highest BCUT2D eigenvalue weighted by Gasteiger charge is 1.98. The molecule has 0 bridgehead atoms. The van der Waals surface area contributed by atoms with Crippen LogP contribution in [-0.2, 0) is 13.5 Å². The van der Waals surface area contributed by atoms with Gasteiger partial charge in [0.05, 0.1) is 0 Å². The molecular weight excluding hydrogens is 250 g/mol. The van der Waals surface area contributed by atoms with Gasteiger partial charge in [0.25, 0.3) is 5.09 Å². The summed E-state index contributed by atoms with van der Waals surface area (Å²) in [6.07, 6.45) is 12.1. The molecule has 110 valence electrons. The van der Waals surface area contributed by atoms with E-state index in [1.54, 1.807) is 0 Å². The van der Waals surface area contributed by atoms with Crippen LogP contribution in [0.1, 0.15) is 44.3 Å². The lowest BCUT2D eigenvalue weighted by molar-refractivity contribution is -0.742. The summed E-state index contributed by atoms with van der Waals surface area (Å²) in [4.78, 5) is 12.7. The van der Waals surface area contributed by atoms with E-state index in [-0.39, 0.29) is 0 Å². The third-order valence-corrected chi connectivity index (χ3v) is 2.73. The van der Waals surface area contributed by atoms with Crippen molar-refractivity contribution in [2.45, 2.75) is 44.9 Å². The van der Waals surface area contributed by atoms with E-state index >= 15 is 0 Å².